The molecule has 1 N–H and O–H groups in total. The molecule has 1 heterocycles. The fourth-order valence-corrected chi connectivity index (χ4v) is 3.36. The van der Waals surface area contributed by atoms with E-state index < -0.39 is 11.4 Å². The molecule has 0 aromatic heterocycles. The minimum atomic E-state index is -0.805. The van der Waals surface area contributed by atoms with Gasteiger partial charge < -0.3 is 14.7 Å². The standard InChI is InChI=1S/C15H25NO4/c1-16(11-12-4-8-20-9-5-12)13(17)10-15(14(18)19)6-2-3-7-15/h12H,2-11H2,1H3,(H,18,19). The van der Waals surface area contributed by atoms with Crippen LogP contribution in [-0.4, -0.2) is 48.7 Å². The van der Waals surface area contributed by atoms with Gasteiger partial charge in [0, 0.05) is 33.2 Å². The molecule has 1 amide bonds. The first-order valence-electron chi connectivity index (χ1n) is 7.59. The van der Waals surface area contributed by atoms with Gasteiger partial charge in [0.15, 0.2) is 0 Å². The number of aliphatic carboxylic acids is 1. The van der Waals surface area contributed by atoms with Gasteiger partial charge in [0.25, 0.3) is 0 Å². The Bertz CT molecular complexity index is 357. The molecule has 0 radical (unpaired) electrons. The number of ether oxygens (including phenoxy) is 1. The van der Waals surface area contributed by atoms with E-state index in [1.807, 2.05) is 0 Å². The van der Waals surface area contributed by atoms with Gasteiger partial charge in [0.05, 0.1) is 5.41 Å². The van der Waals surface area contributed by atoms with Gasteiger partial charge in [-0.05, 0) is 31.6 Å². The summed E-state index contributed by atoms with van der Waals surface area (Å²) in [4.78, 5) is 25.5. The zero-order valence-electron chi connectivity index (χ0n) is 12.3. The number of nitrogens with zero attached hydrogens (tertiary/aromatic N) is 1. The van der Waals surface area contributed by atoms with Crippen molar-refractivity contribution < 1.29 is 19.4 Å². The monoisotopic (exact) mass is 283 g/mol. The maximum Gasteiger partial charge on any atom is 0.310 e. The van der Waals surface area contributed by atoms with E-state index in [9.17, 15) is 14.7 Å². The van der Waals surface area contributed by atoms with Crippen molar-refractivity contribution in [2.45, 2.75) is 44.9 Å². The van der Waals surface area contributed by atoms with Gasteiger partial charge in [0.1, 0.15) is 0 Å². The van der Waals surface area contributed by atoms with E-state index in [0.717, 1.165) is 45.4 Å². The fourth-order valence-electron chi connectivity index (χ4n) is 3.36. The van der Waals surface area contributed by atoms with Gasteiger partial charge >= 0.3 is 5.97 Å². The lowest BCUT2D eigenvalue weighted by Crippen LogP contribution is -2.39. The van der Waals surface area contributed by atoms with E-state index in [1.165, 1.54) is 0 Å². The summed E-state index contributed by atoms with van der Waals surface area (Å²) in [6.07, 6.45) is 5.25. The van der Waals surface area contributed by atoms with Crippen molar-refractivity contribution >= 4 is 11.9 Å². The Morgan fingerprint density at radius 1 is 1.25 bits per heavy atom. The Labute approximate surface area is 120 Å². The van der Waals surface area contributed by atoms with E-state index in [4.69, 9.17) is 4.74 Å². The molecular formula is C15H25NO4. The van der Waals surface area contributed by atoms with E-state index >= 15 is 0 Å². The van der Waals surface area contributed by atoms with Crippen molar-refractivity contribution in [2.24, 2.45) is 11.3 Å². The maximum absolute atomic E-state index is 12.3. The molecule has 2 rings (SSSR count). The fraction of sp³-hybridized carbons (Fsp3) is 0.867. The van der Waals surface area contributed by atoms with Crippen LogP contribution in [0.3, 0.4) is 0 Å². The van der Waals surface area contributed by atoms with Crippen LogP contribution in [0.5, 0.6) is 0 Å². The molecule has 0 aromatic carbocycles. The van der Waals surface area contributed by atoms with Crippen LogP contribution in [-0.2, 0) is 14.3 Å². The Kier molecular flexibility index (Phi) is 5.02. The lowest BCUT2D eigenvalue weighted by molar-refractivity contribution is -0.153. The van der Waals surface area contributed by atoms with Crippen molar-refractivity contribution in [3.05, 3.63) is 0 Å². The van der Waals surface area contributed by atoms with Crippen molar-refractivity contribution in [1.82, 2.24) is 4.90 Å². The van der Waals surface area contributed by atoms with E-state index in [0.29, 0.717) is 18.8 Å². The third-order valence-corrected chi connectivity index (χ3v) is 4.80. The van der Waals surface area contributed by atoms with Crippen LogP contribution >= 0.6 is 0 Å². The highest BCUT2D eigenvalue weighted by Gasteiger charge is 2.43. The number of hydrogen-bond acceptors (Lipinski definition) is 3. The molecular weight excluding hydrogens is 258 g/mol. The summed E-state index contributed by atoms with van der Waals surface area (Å²) in [5.41, 5.74) is -0.805. The maximum atomic E-state index is 12.3. The average molecular weight is 283 g/mol. The van der Waals surface area contributed by atoms with Crippen molar-refractivity contribution in [2.75, 3.05) is 26.8 Å². The summed E-state index contributed by atoms with van der Waals surface area (Å²) in [5.74, 6) is -0.342. The van der Waals surface area contributed by atoms with Gasteiger partial charge in [-0.15, -0.1) is 0 Å². The first-order chi connectivity index (χ1) is 9.53. The molecule has 1 aliphatic heterocycles. The normalized spacial score (nSPS) is 22.6. The topological polar surface area (TPSA) is 66.8 Å². The predicted molar refractivity (Wildman–Crippen MR) is 74.3 cm³/mol. The summed E-state index contributed by atoms with van der Waals surface area (Å²) in [6, 6.07) is 0. The highest BCUT2D eigenvalue weighted by molar-refractivity contribution is 5.85. The van der Waals surface area contributed by atoms with Crippen molar-refractivity contribution in [1.29, 1.82) is 0 Å². The number of carboxylic acid groups (broad SMARTS) is 1. The van der Waals surface area contributed by atoms with E-state index in [1.54, 1.807) is 11.9 Å². The third kappa shape index (κ3) is 3.51. The summed E-state index contributed by atoms with van der Waals surface area (Å²) >= 11 is 0. The third-order valence-electron chi connectivity index (χ3n) is 4.80. The Morgan fingerprint density at radius 3 is 2.40 bits per heavy atom. The second kappa shape index (κ2) is 6.57. The summed E-state index contributed by atoms with van der Waals surface area (Å²) < 4.78 is 5.32. The highest BCUT2D eigenvalue weighted by Crippen LogP contribution is 2.41. The van der Waals surface area contributed by atoms with Gasteiger partial charge in [-0.2, -0.15) is 0 Å². The van der Waals surface area contributed by atoms with Crippen LogP contribution in [0.4, 0.5) is 0 Å². The molecule has 1 aliphatic carbocycles. The quantitative estimate of drug-likeness (QED) is 0.837. The number of hydrogen-bond donors (Lipinski definition) is 1. The zero-order chi connectivity index (χ0) is 14.6. The molecule has 0 spiro atoms. The molecule has 2 fully saturated rings. The summed E-state index contributed by atoms with van der Waals surface area (Å²) in [6.45, 7) is 2.26. The molecule has 20 heavy (non-hydrogen) atoms. The number of rotatable bonds is 5. The Balaban J connectivity index is 1.87. The number of carbonyl (C=O) groups is 2. The van der Waals surface area contributed by atoms with Crippen LogP contribution in [0.15, 0.2) is 0 Å². The highest BCUT2D eigenvalue weighted by atomic mass is 16.5. The SMILES string of the molecule is CN(CC1CCOCC1)C(=O)CC1(C(=O)O)CCCC1. The van der Waals surface area contributed by atoms with Gasteiger partial charge in [-0.3, -0.25) is 9.59 Å². The minimum absolute atomic E-state index is 0.0270. The first kappa shape index (κ1) is 15.3. The van der Waals surface area contributed by atoms with Gasteiger partial charge in [-0.25, -0.2) is 0 Å². The molecule has 2 aliphatic rings. The lowest BCUT2D eigenvalue weighted by atomic mass is 9.82. The molecule has 1 saturated carbocycles. The molecule has 0 bridgehead atoms. The Hall–Kier alpha value is -1.10. The molecule has 114 valence electrons. The largest absolute Gasteiger partial charge is 0.481 e. The van der Waals surface area contributed by atoms with Crippen molar-refractivity contribution in [3.8, 4) is 0 Å². The first-order valence-corrected chi connectivity index (χ1v) is 7.59. The van der Waals surface area contributed by atoms with E-state index in [2.05, 4.69) is 0 Å². The summed E-state index contributed by atoms with van der Waals surface area (Å²) in [5, 5.41) is 9.43. The van der Waals surface area contributed by atoms with E-state index in [-0.39, 0.29) is 12.3 Å². The van der Waals surface area contributed by atoms with Crippen LogP contribution in [0.2, 0.25) is 0 Å². The zero-order valence-corrected chi connectivity index (χ0v) is 12.3. The van der Waals surface area contributed by atoms with Crippen LogP contribution < -0.4 is 0 Å². The predicted octanol–water partition coefficient (Wildman–Crippen LogP) is 1.91. The smallest absolute Gasteiger partial charge is 0.310 e. The molecule has 5 nitrogen and oxygen atoms in total. The Morgan fingerprint density at radius 2 is 1.85 bits per heavy atom. The second-order valence-electron chi connectivity index (χ2n) is 6.30. The molecule has 5 heteroatoms. The van der Waals surface area contributed by atoms with Gasteiger partial charge in [0.2, 0.25) is 5.91 Å². The van der Waals surface area contributed by atoms with Crippen LogP contribution in [0.1, 0.15) is 44.9 Å². The number of carboxylic acids is 1. The molecule has 0 aromatic rings. The molecule has 0 unspecified atom stereocenters. The van der Waals surface area contributed by atoms with Crippen molar-refractivity contribution in [3.63, 3.8) is 0 Å². The second-order valence-corrected chi connectivity index (χ2v) is 6.30. The van der Waals surface area contributed by atoms with Crippen LogP contribution in [0, 0.1) is 11.3 Å². The number of amides is 1. The van der Waals surface area contributed by atoms with Crippen LogP contribution in [0.25, 0.3) is 0 Å². The summed E-state index contributed by atoms with van der Waals surface area (Å²) in [7, 11) is 1.79. The number of carbonyl (C=O) groups excluding carboxylic acids is 1. The van der Waals surface area contributed by atoms with Gasteiger partial charge in [-0.1, -0.05) is 12.8 Å². The molecule has 1 saturated heterocycles. The average Bonchev–Trinajstić information content (AvgIpc) is 2.89. The lowest BCUT2D eigenvalue weighted by Gasteiger charge is -2.30. The molecule has 0 atom stereocenters. The minimum Gasteiger partial charge on any atom is -0.481 e.